The Labute approximate surface area is 218 Å². The van der Waals surface area contributed by atoms with Crippen LogP contribution < -0.4 is 9.73 Å². The summed E-state index contributed by atoms with van der Waals surface area (Å²) in [5, 5.41) is 13.8. The molecule has 15 heteroatoms. The van der Waals surface area contributed by atoms with Gasteiger partial charge in [0, 0.05) is 18.4 Å². The summed E-state index contributed by atoms with van der Waals surface area (Å²) in [7, 11) is -4.49. The summed E-state index contributed by atoms with van der Waals surface area (Å²) < 4.78 is 128. The minimum atomic E-state index is -6.11. The third kappa shape index (κ3) is 5.16. The minimum absolute atomic E-state index is 0.000792. The standard InChI is InChI=1S/C24H22F7N3O4S/c1-2-3-20-32-33-21(38-20)13-17-8-4-14-12-15(22(35,23(26,27)28)24(29,30)31)5-11-19(14)34(17)39(36,37)18-9-6-16(25)7-10-18/h2,5-7,9-12,17,21,33,35H,1,3-4,8,13H2/t17-,21?/m0/s1. The molecule has 2 N–H and O–H groups in total. The van der Waals surface area contributed by atoms with E-state index in [1.807, 2.05) is 0 Å². The maximum atomic E-state index is 13.7. The highest BCUT2D eigenvalue weighted by Gasteiger charge is 2.71. The number of halogens is 7. The topological polar surface area (TPSA) is 91.2 Å². The number of nitrogens with one attached hydrogen (secondary N) is 1. The molecule has 7 nitrogen and oxygen atoms in total. The van der Waals surface area contributed by atoms with E-state index >= 15 is 0 Å². The number of sulfonamides is 1. The van der Waals surface area contributed by atoms with Gasteiger partial charge in [0.2, 0.25) is 5.90 Å². The average Bonchev–Trinajstić information content (AvgIpc) is 3.28. The lowest BCUT2D eigenvalue weighted by Gasteiger charge is -2.40. The number of hydrogen-bond donors (Lipinski definition) is 2. The number of alkyl halides is 6. The maximum Gasteiger partial charge on any atom is 0.430 e. The molecule has 2 aromatic carbocycles. The second kappa shape index (κ2) is 10.0. The van der Waals surface area contributed by atoms with Crippen LogP contribution in [0.25, 0.3) is 0 Å². The molecule has 2 heterocycles. The van der Waals surface area contributed by atoms with Gasteiger partial charge in [-0.25, -0.2) is 12.8 Å². The van der Waals surface area contributed by atoms with Crippen LogP contribution in [0.1, 0.15) is 30.4 Å². The molecule has 0 spiro atoms. The van der Waals surface area contributed by atoms with E-state index in [0.717, 1.165) is 34.6 Å². The zero-order chi connectivity index (χ0) is 28.8. The quantitative estimate of drug-likeness (QED) is 0.360. The van der Waals surface area contributed by atoms with Crippen molar-refractivity contribution in [2.24, 2.45) is 5.10 Å². The van der Waals surface area contributed by atoms with Crippen molar-refractivity contribution in [3.8, 4) is 0 Å². The Morgan fingerprint density at radius 2 is 1.74 bits per heavy atom. The number of nitrogens with zero attached hydrogens (tertiary/aromatic N) is 2. The van der Waals surface area contributed by atoms with Crippen molar-refractivity contribution in [3.05, 3.63) is 72.1 Å². The molecule has 0 fully saturated rings. The first-order chi connectivity index (χ1) is 18.1. The Balaban J connectivity index is 1.78. The fourth-order valence-electron chi connectivity index (χ4n) is 4.54. The maximum absolute atomic E-state index is 13.7. The summed E-state index contributed by atoms with van der Waals surface area (Å²) in [6, 6.07) is 4.61. The fourth-order valence-corrected chi connectivity index (χ4v) is 6.26. The van der Waals surface area contributed by atoms with Crippen molar-refractivity contribution in [2.45, 2.75) is 60.8 Å². The fraction of sp³-hybridized carbons (Fsp3) is 0.375. The summed E-state index contributed by atoms with van der Waals surface area (Å²) in [4.78, 5) is -0.350. The number of aliphatic hydroxyl groups is 1. The van der Waals surface area contributed by atoms with Crippen LogP contribution in [0.5, 0.6) is 0 Å². The third-order valence-electron chi connectivity index (χ3n) is 6.42. The number of hydrogen-bond acceptors (Lipinski definition) is 6. The van der Waals surface area contributed by atoms with Gasteiger partial charge in [0.25, 0.3) is 15.6 Å². The number of benzene rings is 2. The smallest absolute Gasteiger partial charge is 0.430 e. The minimum Gasteiger partial charge on any atom is -0.454 e. The summed E-state index contributed by atoms with van der Waals surface area (Å²) in [5.41, 5.74) is -4.31. The summed E-state index contributed by atoms with van der Waals surface area (Å²) in [6.07, 6.45) is -11.3. The van der Waals surface area contributed by atoms with Gasteiger partial charge >= 0.3 is 12.4 Å². The highest BCUT2D eigenvalue weighted by atomic mass is 32.2. The van der Waals surface area contributed by atoms with E-state index in [9.17, 15) is 44.3 Å². The Hall–Kier alpha value is -3.33. The molecule has 2 atom stereocenters. The van der Waals surface area contributed by atoms with Gasteiger partial charge < -0.3 is 9.84 Å². The molecule has 1 unspecified atom stereocenters. The van der Waals surface area contributed by atoms with Crippen molar-refractivity contribution in [1.29, 1.82) is 0 Å². The molecule has 0 aliphatic carbocycles. The normalized spacial score (nSPS) is 20.1. The summed E-state index contributed by atoms with van der Waals surface area (Å²) in [5.74, 6) is -0.425. The Kier molecular flexibility index (Phi) is 7.36. The van der Waals surface area contributed by atoms with E-state index < -0.39 is 51.6 Å². The third-order valence-corrected chi connectivity index (χ3v) is 8.30. The lowest BCUT2D eigenvalue weighted by atomic mass is 9.87. The van der Waals surface area contributed by atoms with Crippen LogP contribution in [0.3, 0.4) is 0 Å². The molecule has 39 heavy (non-hydrogen) atoms. The first-order valence-corrected chi connectivity index (χ1v) is 12.9. The Morgan fingerprint density at radius 3 is 2.33 bits per heavy atom. The molecular formula is C24H22F7N3O4S. The van der Waals surface area contributed by atoms with Crippen molar-refractivity contribution in [3.63, 3.8) is 0 Å². The molecule has 212 valence electrons. The van der Waals surface area contributed by atoms with E-state index in [0.29, 0.717) is 24.5 Å². The van der Waals surface area contributed by atoms with Crippen molar-refractivity contribution >= 4 is 21.6 Å². The number of rotatable bonds is 7. The molecular weight excluding hydrogens is 559 g/mol. The zero-order valence-electron chi connectivity index (χ0n) is 19.9. The average molecular weight is 582 g/mol. The number of fused-ring (bicyclic) bond motifs is 1. The van der Waals surface area contributed by atoms with Crippen molar-refractivity contribution in [2.75, 3.05) is 4.31 Å². The van der Waals surface area contributed by atoms with E-state index in [2.05, 4.69) is 17.1 Å². The van der Waals surface area contributed by atoms with Crippen LogP contribution in [0.2, 0.25) is 0 Å². The molecule has 4 rings (SSSR count). The second-order valence-corrected chi connectivity index (χ2v) is 10.8. The monoisotopic (exact) mass is 581 g/mol. The van der Waals surface area contributed by atoms with Gasteiger partial charge in [-0.2, -0.15) is 26.3 Å². The molecule has 2 aliphatic heterocycles. The van der Waals surface area contributed by atoms with Gasteiger partial charge in [-0.3, -0.25) is 9.73 Å². The Bertz CT molecular complexity index is 1360. The number of anilines is 1. The summed E-state index contributed by atoms with van der Waals surface area (Å²) >= 11 is 0. The molecule has 0 amide bonds. The van der Waals surface area contributed by atoms with Gasteiger partial charge in [-0.05, 0) is 48.7 Å². The number of hydrazone groups is 1. The predicted molar refractivity (Wildman–Crippen MR) is 125 cm³/mol. The van der Waals surface area contributed by atoms with E-state index in [1.54, 1.807) is 0 Å². The first kappa shape index (κ1) is 28.7. The molecule has 0 aromatic heterocycles. The van der Waals surface area contributed by atoms with Crippen LogP contribution in [0, 0.1) is 5.82 Å². The zero-order valence-corrected chi connectivity index (χ0v) is 20.7. The SMILES string of the molecule is C=CCC1=NNC(C[C@@H]2CCc3cc(C(O)(C(F)(F)F)C(F)(F)F)ccc3N2S(=O)(=O)c2ccc(F)cc2)O1. The number of aryl methyl sites for hydroxylation is 1. The van der Waals surface area contributed by atoms with Gasteiger partial charge in [-0.15, -0.1) is 11.7 Å². The molecule has 0 radical (unpaired) electrons. The lowest BCUT2D eigenvalue weighted by Crippen LogP contribution is -2.54. The highest BCUT2D eigenvalue weighted by molar-refractivity contribution is 7.92. The summed E-state index contributed by atoms with van der Waals surface area (Å²) in [6.45, 7) is 3.57. The van der Waals surface area contributed by atoms with Crippen LogP contribution in [-0.2, 0) is 26.8 Å². The van der Waals surface area contributed by atoms with Crippen LogP contribution >= 0.6 is 0 Å². The molecule has 2 aromatic rings. The van der Waals surface area contributed by atoms with E-state index in [-0.39, 0.29) is 35.4 Å². The molecule has 0 bridgehead atoms. The second-order valence-electron chi connectivity index (χ2n) is 8.97. The predicted octanol–water partition coefficient (Wildman–Crippen LogP) is 4.87. The largest absolute Gasteiger partial charge is 0.454 e. The van der Waals surface area contributed by atoms with E-state index in [4.69, 9.17) is 4.74 Å². The van der Waals surface area contributed by atoms with Crippen LogP contribution in [0.15, 0.2) is 65.1 Å². The van der Waals surface area contributed by atoms with E-state index in [1.165, 1.54) is 6.08 Å². The van der Waals surface area contributed by atoms with Crippen molar-refractivity contribution in [1.82, 2.24) is 5.43 Å². The molecule has 0 saturated carbocycles. The highest BCUT2D eigenvalue weighted by Crippen LogP contribution is 2.51. The molecule has 0 saturated heterocycles. The van der Waals surface area contributed by atoms with Crippen molar-refractivity contribution < 1.29 is 49.0 Å². The van der Waals surface area contributed by atoms with Gasteiger partial charge in [0.05, 0.1) is 16.6 Å². The Morgan fingerprint density at radius 1 is 1.10 bits per heavy atom. The van der Waals surface area contributed by atoms with Gasteiger partial charge in [0.1, 0.15) is 5.82 Å². The van der Waals surface area contributed by atoms with Gasteiger partial charge in [-0.1, -0.05) is 18.2 Å². The van der Waals surface area contributed by atoms with Crippen LogP contribution in [-0.4, -0.2) is 44.0 Å². The molecule has 2 aliphatic rings. The lowest BCUT2D eigenvalue weighted by molar-refractivity contribution is -0.376. The van der Waals surface area contributed by atoms with Crippen LogP contribution in [0.4, 0.5) is 36.4 Å². The number of ether oxygens (including phenoxy) is 1. The van der Waals surface area contributed by atoms with Gasteiger partial charge in [0.15, 0.2) is 6.23 Å². The first-order valence-electron chi connectivity index (χ1n) is 11.5.